The summed E-state index contributed by atoms with van der Waals surface area (Å²) in [5, 5.41) is 7.62. The number of nitrogens with zero attached hydrogens (tertiary/aromatic N) is 3. The Hall–Kier alpha value is -1.68. The average molecular weight is 230 g/mol. The van der Waals surface area contributed by atoms with Crippen LogP contribution in [0.3, 0.4) is 0 Å². The Morgan fingerprint density at radius 3 is 2.76 bits per heavy atom. The lowest BCUT2D eigenvalue weighted by molar-refractivity contribution is 0.670. The molecule has 0 amide bonds. The van der Waals surface area contributed by atoms with Crippen molar-refractivity contribution in [2.75, 3.05) is 0 Å². The second-order valence-corrected chi connectivity index (χ2v) is 4.25. The summed E-state index contributed by atoms with van der Waals surface area (Å²) in [7, 11) is 1.96. The van der Waals surface area contributed by atoms with Crippen LogP contribution in [-0.4, -0.2) is 14.8 Å². The summed E-state index contributed by atoms with van der Waals surface area (Å²) in [6, 6.07) is 4.05. The van der Waals surface area contributed by atoms with E-state index in [1.807, 2.05) is 30.2 Å². The van der Waals surface area contributed by atoms with Crippen LogP contribution in [0, 0.1) is 13.8 Å². The molecule has 0 aliphatic carbocycles. The third-order valence-electron chi connectivity index (χ3n) is 3.06. The van der Waals surface area contributed by atoms with E-state index < -0.39 is 0 Å². The molecule has 0 aromatic carbocycles. The van der Waals surface area contributed by atoms with E-state index >= 15 is 0 Å². The first-order valence-corrected chi connectivity index (χ1v) is 5.77. The van der Waals surface area contributed by atoms with Gasteiger partial charge in [-0.05, 0) is 25.5 Å². The van der Waals surface area contributed by atoms with Gasteiger partial charge in [0, 0.05) is 37.6 Å². The van der Waals surface area contributed by atoms with Crippen molar-refractivity contribution < 1.29 is 0 Å². The van der Waals surface area contributed by atoms with Crippen LogP contribution in [0.1, 0.15) is 22.5 Å². The highest BCUT2D eigenvalue weighted by molar-refractivity contribution is 5.18. The van der Waals surface area contributed by atoms with E-state index in [0.717, 1.165) is 18.8 Å². The minimum Gasteiger partial charge on any atom is -0.307 e. The maximum absolute atomic E-state index is 4.35. The van der Waals surface area contributed by atoms with Crippen molar-refractivity contribution in [1.29, 1.82) is 0 Å². The number of hydrogen-bond acceptors (Lipinski definition) is 3. The van der Waals surface area contributed by atoms with E-state index in [2.05, 4.69) is 35.3 Å². The second-order valence-electron chi connectivity index (χ2n) is 4.25. The van der Waals surface area contributed by atoms with Crippen LogP contribution in [0.4, 0.5) is 0 Å². The minimum atomic E-state index is 0.793. The van der Waals surface area contributed by atoms with Gasteiger partial charge in [0.15, 0.2) is 0 Å². The van der Waals surface area contributed by atoms with Crippen molar-refractivity contribution in [1.82, 2.24) is 20.1 Å². The van der Waals surface area contributed by atoms with Crippen LogP contribution in [0.2, 0.25) is 0 Å². The lowest BCUT2D eigenvalue weighted by Crippen LogP contribution is -2.15. The summed E-state index contributed by atoms with van der Waals surface area (Å²) in [6.07, 6.45) is 3.74. The Labute approximate surface area is 102 Å². The topological polar surface area (TPSA) is 42.7 Å². The van der Waals surface area contributed by atoms with E-state index in [-0.39, 0.29) is 0 Å². The van der Waals surface area contributed by atoms with E-state index in [1.54, 1.807) is 0 Å². The number of hydrogen-bond donors (Lipinski definition) is 1. The molecule has 0 spiro atoms. The first kappa shape index (κ1) is 11.8. The SMILES string of the molecule is Cc1cccnc1CNCc1cnn(C)c1C. The van der Waals surface area contributed by atoms with Crippen LogP contribution >= 0.6 is 0 Å². The standard InChI is InChI=1S/C13H18N4/c1-10-5-4-6-15-13(10)9-14-7-12-8-16-17(3)11(12)2/h4-6,8,14H,7,9H2,1-3H3. The van der Waals surface area contributed by atoms with Gasteiger partial charge in [0.1, 0.15) is 0 Å². The molecule has 0 fully saturated rings. The van der Waals surface area contributed by atoms with Crippen LogP contribution in [-0.2, 0) is 20.1 Å². The molecule has 4 heteroatoms. The van der Waals surface area contributed by atoms with Gasteiger partial charge < -0.3 is 5.32 Å². The number of rotatable bonds is 4. The van der Waals surface area contributed by atoms with Gasteiger partial charge in [-0.15, -0.1) is 0 Å². The summed E-state index contributed by atoms with van der Waals surface area (Å²) in [5.41, 5.74) is 4.77. The molecular weight excluding hydrogens is 212 g/mol. The monoisotopic (exact) mass is 230 g/mol. The van der Waals surface area contributed by atoms with Crippen LogP contribution in [0.5, 0.6) is 0 Å². The predicted molar refractivity (Wildman–Crippen MR) is 67.5 cm³/mol. The van der Waals surface area contributed by atoms with E-state index in [4.69, 9.17) is 0 Å². The van der Waals surface area contributed by atoms with E-state index in [0.29, 0.717) is 0 Å². The van der Waals surface area contributed by atoms with Crippen molar-refractivity contribution in [2.24, 2.45) is 7.05 Å². The van der Waals surface area contributed by atoms with Crippen LogP contribution in [0.25, 0.3) is 0 Å². The molecule has 0 saturated carbocycles. The molecule has 0 atom stereocenters. The quantitative estimate of drug-likeness (QED) is 0.869. The first-order valence-electron chi connectivity index (χ1n) is 5.77. The van der Waals surface area contributed by atoms with Crippen molar-refractivity contribution >= 4 is 0 Å². The second kappa shape index (κ2) is 5.10. The fourth-order valence-electron chi connectivity index (χ4n) is 1.74. The first-order chi connectivity index (χ1) is 8.18. The minimum absolute atomic E-state index is 0.793. The van der Waals surface area contributed by atoms with Gasteiger partial charge in [0.2, 0.25) is 0 Å². The zero-order chi connectivity index (χ0) is 12.3. The molecule has 0 saturated heterocycles. The lowest BCUT2D eigenvalue weighted by atomic mass is 10.2. The van der Waals surface area contributed by atoms with Crippen molar-refractivity contribution in [3.63, 3.8) is 0 Å². The van der Waals surface area contributed by atoms with Crippen LogP contribution < -0.4 is 5.32 Å². The summed E-state index contributed by atoms with van der Waals surface area (Å²) in [5.74, 6) is 0. The summed E-state index contributed by atoms with van der Waals surface area (Å²) >= 11 is 0. The maximum atomic E-state index is 4.35. The summed E-state index contributed by atoms with van der Waals surface area (Å²) in [6.45, 7) is 5.78. The average Bonchev–Trinajstić information content (AvgIpc) is 2.63. The fourth-order valence-corrected chi connectivity index (χ4v) is 1.74. The maximum Gasteiger partial charge on any atom is 0.0570 e. The zero-order valence-corrected chi connectivity index (χ0v) is 10.6. The third-order valence-corrected chi connectivity index (χ3v) is 3.06. The lowest BCUT2D eigenvalue weighted by Gasteiger charge is -2.06. The van der Waals surface area contributed by atoms with Gasteiger partial charge in [-0.3, -0.25) is 9.67 Å². The van der Waals surface area contributed by atoms with Gasteiger partial charge in [0.05, 0.1) is 11.9 Å². The van der Waals surface area contributed by atoms with E-state index in [9.17, 15) is 0 Å². The van der Waals surface area contributed by atoms with Gasteiger partial charge in [-0.25, -0.2) is 0 Å². The number of aryl methyl sites for hydroxylation is 2. The zero-order valence-electron chi connectivity index (χ0n) is 10.6. The molecule has 1 N–H and O–H groups in total. The van der Waals surface area contributed by atoms with Crippen molar-refractivity contribution in [3.8, 4) is 0 Å². The highest BCUT2D eigenvalue weighted by Gasteiger charge is 2.03. The number of aromatic nitrogens is 3. The molecule has 0 unspecified atom stereocenters. The number of pyridine rings is 1. The Kier molecular flexibility index (Phi) is 3.54. The van der Waals surface area contributed by atoms with Gasteiger partial charge >= 0.3 is 0 Å². The fraction of sp³-hybridized carbons (Fsp3) is 0.385. The molecular formula is C13H18N4. The molecule has 17 heavy (non-hydrogen) atoms. The molecule has 0 aliphatic rings. The molecule has 2 aromatic heterocycles. The molecule has 0 aliphatic heterocycles. The molecule has 90 valence electrons. The highest BCUT2D eigenvalue weighted by atomic mass is 15.3. The van der Waals surface area contributed by atoms with Gasteiger partial charge in [-0.1, -0.05) is 6.07 Å². The molecule has 0 radical (unpaired) electrons. The Balaban J connectivity index is 1.92. The largest absolute Gasteiger partial charge is 0.307 e. The van der Waals surface area contributed by atoms with Crippen LogP contribution in [0.15, 0.2) is 24.5 Å². The molecule has 0 bridgehead atoms. The molecule has 2 aromatic rings. The molecule has 2 heterocycles. The van der Waals surface area contributed by atoms with E-state index in [1.165, 1.54) is 16.8 Å². The third kappa shape index (κ3) is 2.71. The normalized spacial score (nSPS) is 10.8. The van der Waals surface area contributed by atoms with Crippen molar-refractivity contribution in [3.05, 3.63) is 47.0 Å². The van der Waals surface area contributed by atoms with Gasteiger partial charge in [0.25, 0.3) is 0 Å². The predicted octanol–water partition coefficient (Wildman–Crippen LogP) is 1.72. The Bertz CT molecular complexity index is 502. The highest BCUT2D eigenvalue weighted by Crippen LogP contribution is 2.06. The van der Waals surface area contributed by atoms with Gasteiger partial charge in [-0.2, -0.15) is 5.10 Å². The molecule has 4 nitrogen and oxygen atoms in total. The smallest absolute Gasteiger partial charge is 0.0570 e. The Morgan fingerprint density at radius 1 is 1.29 bits per heavy atom. The Morgan fingerprint density at radius 2 is 2.12 bits per heavy atom. The number of nitrogens with one attached hydrogen (secondary N) is 1. The summed E-state index contributed by atoms with van der Waals surface area (Å²) < 4.78 is 1.89. The molecule has 2 rings (SSSR count). The van der Waals surface area contributed by atoms with Crippen molar-refractivity contribution in [2.45, 2.75) is 26.9 Å². The summed E-state index contributed by atoms with van der Waals surface area (Å²) in [4.78, 5) is 4.35.